The van der Waals surface area contributed by atoms with Crippen LogP contribution in [0.15, 0.2) is 18.5 Å². The van der Waals surface area contributed by atoms with Crippen molar-refractivity contribution < 1.29 is 4.74 Å². The minimum Gasteiger partial charge on any atom is -0.491 e. The van der Waals surface area contributed by atoms with Gasteiger partial charge in [0, 0.05) is 17.0 Å². The first-order valence-electron chi connectivity index (χ1n) is 6.97. The van der Waals surface area contributed by atoms with Gasteiger partial charge in [-0.25, -0.2) is 9.97 Å². The summed E-state index contributed by atoms with van der Waals surface area (Å²) in [5, 5.41) is 0. The average molecular weight is 270 g/mol. The van der Waals surface area contributed by atoms with Crippen LogP contribution in [0.25, 0.3) is 11.1 Å². The Hall–Kier alpha value is -1.90. The van der Waals surface area contributed by atoms with E-state index in [9.17, 15) is 0 Å². The second-order valence-electron chi connectivity index (χ2n) is 5.45. The summed E-state index contributed by atoms with van der Waals surface area (Å²) in [7, 11) is 0. The van der Waals surface area contributed by atoms with Crippen LogP contribution in [0.3, 0.4) is 0 Å². The molecule has 2 aromatic rings. The Morgan fingerprint density at radius 3 is 2.05 bits per heavy atom. The topological polar surface area (TPSA) is 35.0 Å². The third-order valence-electron chi connectivity index (χ3n) is 3.60. The van der Waals surface area contributed by atoms with E-state index in [1.54, 1.807) is 6.33 Å². The normalized spacial score (nSPS) is 10.9. The van der Waals surface area contributed by atoms with Gasteiger partial charge in [-0.1, -0.05) is 6.07 Å². The first-order chi connectivity index (χ1) is 9.41. The van der Waals surface area contributed by atoms with Crippen molar-refractivity contribution in [1.29, 1.82) is 0 Å². The molecule has 0 aliphatic carbocycles. The second kappa shape index (κ2) is 5.61. The Kier molecular flexibility index (Phi) is 4.07. The van der Waals surface area contributed by atoms with E-state index in [-0.39, 0.29) is 6.10 Å². The summed E-state index contributed by atoms with van der Waals surface area (Å²) in [6.45, 7) is 12.4. The van der Waals surface area contributed by atoms with Crippen molar-refractivity contribution in [3.05, 3.63) is 41.0 Å². The molecule has 0 bridgehead atoms. The van der Waals surface area contributed by atoms with E-state index >= 15 is 0 Å². The lowest BCUT2D eigenvalue weighted by Crippen LogP contribution is -2.07. The molecule has 3 heteroatoms. The Bertz CT molecular complexity index is 613. The molecule has 1 aromatic carbocycles. The van der Waals surface area contributed by atoms with Crippen LogP contribution in [0.5, 0.6) is 5.75 Å². The standard InChI is InChI=1S/C17H22N2O/c1-10(2)20-16-8-7-15(11(3)12(16)4)17-13(5)18-9-19-14(17)6/h7-10H,1-6H3. The molecule has 0 spiro atoms. The molecular formula is C17H22N2O. The summed E-state index contributed by atoms with van der Waals surface area (Å²) in [5.41, 5.74) is 6.75. The van der Waals surface area contributed by atoms with Crippen molar-refractivity contribution in [3.8, 4) is 16.9 Å². The first-order valence-corrected chi connectivity index (χ1v) is 6.97. The number of aromatic nitrogens is 2. The van der Waals surface area contributed by atoms with Gasteiger partial charge in [0.25, 0.3) is 0 Å². The number of hydrogen-bond acceptors (Lipinski definition) is 3. The lowest BCUT2D eigenvalue weighted by atomic mass is 9.94. The van der Waals surface area contributed by atoms with Crippen molar-refractivity contribution in [1.82, 2.24) is 9.97 Å². The van der Waals surface area contributed by atoms with E-state index < -0.39 is 0 Å². The fourth-order valence-electron chi connectivity index (χ4n) is 2.43. The molecule has 0 fully saturated rings. The van der Waals surface area contributed by atoms with E-state index in [1.807, 2.05) is 33.8 Å². The molecule has 106 valence electrons. The SMILES string of the molecule is Cc1ncnc(C)c1-c1ccc(OC(C)C)c(C)c1C. The van der Waals surface area contributed by atoms with Crippen LogP contribution in [0.2, 0.25) is 0 Å². The predicted octanol–water partition coefficient (Wildman–Crippen LogP) is 4.16. The molecule has 0 radical (unpaired) electrons. The molecule has 2 rings (SSSR count). The molecule has 0 aliphatic rings. The largest absolute Gasteiger partial charge is 0.491 e. The maximum atomic E-state index is 5.85. The summed E-state index contributed by atoms with van der Waals surface area (Å²) in [6.07, 6.45) is 1.80. The van der Waals surface area contributed by atoms with Gasteiger partial charge < -0.3 is 4.74 Å². The third-order valence-corrected chi connectivity index (χ3v) is 3.60. The summed E-state index contributed by atoms with van der Waals surface area (Å²) in [5.74, 6) is 0.952. The van der Waals surface area contributed by atoms with Crippen LogP contribution in [-0.2, 0) is 0 Å². The number of aryl methyl sites for hydroxylation is 2. The molecule has 3 nitrogen and oxygen atoms in total. The molecule has 1 heterocycles. The monoisotopic (exact) mass is 270 g/mol. The molecule has 0 amide bonds. The van der Waals surface area contributed by atoms with Crippen molar-refractivity contribution >= 4 is 0 Å². The van der Waals surface area contributed by atoms with Crippen LogP contribution in [-0.4, -0.2) is 16.1 Å². The van der Waals surface area contributed by atoms with Gasteiger partial charge in [-0.3, -0.25) is 0 Å². The minimum atomic E-state index is 0.183. The Labute approximate surface area is 121 Å². The van der Waals surface area contributed by atoms with E-state index in [4.69, 9.17) is 4.74 Å². The lowest BCUT2D eigenvalue weighted by molar-refractivity contribution is 0.240. The summed E-state index contributed by atoms with van der Waals surface area (Å²) in [4.78, 5) is 8.63. The molecule has 0 saturated heterocycles. The highest BCUT2D eigenvalue weighted by Crippen LogP contribution is 2.33. The number of benzene rings is 1. The van der Waals surface area contributed by atoms with Gasteiger partial charge in [0.15, 0.2) is 0 Å². The highest BCUT2D eigenvalue weighted by Gasteiger charge is 2.14. The molecule has 0 N–H and O–H groups in total. The van der Waals surface area contributed by atoms with Crippen LogP contribution >= 0.6 is 0 Å². The number of rotatable bonds is 3. The molecular weight excluding hydrogens is 248 g/mol. The number of ether oxygens (including phenoxy) is 1. The highest BCUT2D eigenvalue weighted by atomic mass is 16.5. The fourth-order valence-corrected chi connectivity index (χ4v) is 2.43. The van der Waals surface area contributed by atoms with Gasteiger partial charge in [0.1, 0.15) is 12.1 Å². The van der Waals surface area contributed by atoms with Crippen molar-refractivity contribution in [2.75, 3.05) is 0 Å². The van der Waals surface area contributed by atoms with E-state index in [2.05, 4.69) is 29.9 Å². The van der Waals surface area contributed by atoms with Crippen molar-refractivity contribution in [2.45, 2.75) is 47.6 Å². The van der Waals surface area contributed by atoms with Crippen molar-refractivity contribution in [3.63, 3.8) is 0 Å². The summed E-state index contributed by atoms with van der Waals surface area (Å²) in [6, 6.07) is 4.16. The summed E-state index contributed by atoms with van der Waals surface area (Å²) < 4.78 is 5.85. The highest BCUT2D eigenvalue weighted by molar-refractivity contribution is 5.73. The van der Waals surface area contributed by atoms with Gasteiger partial charge in [0.2, 0.25) is 0 Å². The zero-order valence-electron chi connectivity index (χ0n) is 13.1. The van der Waals surface area contributed by atoms with Gasteiger partial charge in [-0.2, -0.15) is 0 Å². The van der Waals surface area contributed by atoms with E-state index in [1.165, 1.54) is 16.7 Å². The summed E-state index contributed by atoms with van der Waals surface area (Å²) >= 11 is 0. The maximum Gasteiger partial charge on any atom is 0.122 e. The zero-order chi connectivity index (χ0) is 14.9. The van der Waals surface area contributed by atoms with Gasteiger partial charge in [-0.15, -0.1) is 0 Å². The Morgan fingerprint density at radius 2 is 1.50 bits per heavy atom. The second-order valence-corrected chi connectivity index (χ2v) is 5.45. The van der Waals surface area contributed by atoms with Crippen LogP contribution < -0.4 is 4.74 Å². The third kappa shape index (κ3) is 2.67. The van der Waals surface area contributed by atoms with Gasteiger partial charge >= 0.3 is 0 Å². The number of nitrogens with zero attached hydrogens (tertiary/aromatic N) is 2. The molecule has 0 atom stereocenters. The van der Waals surface area contributed by atoms with E-state index in [0.29, 0.717) is 0 Å². The quantitative estimate of drug-likeness (QED) is 0.839. The van der Waals surface area contributed by atoms with Gasteiger partial charge in [0.05, 0.1) is 6.10 Å². The fraction of sp³-hybridized carbons (Fsp3) is 0.412. The van der Waals surface area contributed by atoms with Crippen LogP contribution in [0, 0.1) is 27.7 Å². The lowest BCUT2D eigenvalue weighted by Gasteiger charge is -2.18. The molecule has 0 saturated carbocycles. The first kappa shape index (κ1) is 14.5. The van der Waals surface area contributed by atoms with Crippen molar-refractivity contribution in [2.24, 2.45) is 0 Å². The van der Waals surface area contributed by atoms with Crippen LogP contribution in [0.4, 0.5) is 0 Å². The average Bonchev–Trinajstić information content (AvgIpc) is 2.37. The van der Waals surface area contributed by atoms with E-state index in [0.717, 1.165) is 22.7 Å². The number of hydrogen-bond donors (Lipinski definition) is 0. The zero-order valence-corrected chi connectivity index (χ0v) is 13.1. The molecule has 20 heavy (non-hydrogen) atoms. The molecule has 1 aromatic heterocycles. The maximum absolute atomic E-state index is 5.85. The minimum absolute atomic E-state index is 0.183. The molecule has 0 aliphatic heterocycles. The Morgan fingerprint density at radius 1 is 0.900 bits per heavy atom. The predicted molar refractivity (Wildman–Crippen MR) is 82.2 cm³/mol. The van der Waals surface area contributed by atoms with Gasteiger partial charge in [-0.05, 0) is 64.3 Å². The van der Waals surface area contributed by atoms with Crippen LogP contribution in [0.1, 0.15) is 36.4 Å². The molecule has 0 unspecified atom stereocenters. The Balaban J connectivity index is 2.57. The smallest absolute Gasteiger partial charge is 0.122 e.